The van der Waals surface area contributed by atoms with Crippen LogP contribution in [0.2, 0.25) is 5.15 Å². The highest BCUT2D eigenvalue weighted by Crippen LogP contribution is 2.22. The Morgan fingerprint density at radius 2 is 2.25 bits per heavy atom. The average Bonchev–Trinajstić information content (AvgIpc) is 2.94. The van der Waals surface area contributed by atoms with Gasteiger partial charge in [-0.3, -0.25) is 4.79 Å². The van der Waals surface area contributed by atoms with Crippen molar-refractivity contribution in [3.8, 4) is 0 Å². The maximum absolute atomic E-state index is 12.5. The van der Waals surface area contributed by atoms with E-state index in [1.165, 1.54) is 13.2 Å². The van der Waals surface area contributed by atoms with Crippen LogP contribution in [-0.4, -0.2) is 41.5 Å². The summed E-state index contributed by atoms with van der Waals surface area (Å²) in [5, 5.41) is 0.293. The van der Waals surface area contributed by atoms with E-state index in [-0.39, 0.29) is 11.9 Å². The van der Waals surface area contributed by atoms with E-state index in [2.05, 4.69) is 4.98 Å². The van der Waals surface area contributed by atoms with Crippen LogP contribution in [0.15, 0.2) is 12.1 Å². The number of methoxy groups -OCH3 is 1. The van der Waals surface area contributed by atoms with Crippen LogP contribution in [0.1, 0.15) is 35.8 Å². The van der Waals surface area contributed by atoms with Gasteiger partial charge in [-0.15, -0.1) is 0 Å². The van der Waals surface area contributed by atoms with Gasteiger partial charge in [0.1, 0.15) is 11.2 Å². The molecule has 0 bridgehead atoms. The van der Waals surface area contributed by atoms with Crippen molar-refractivity contribution in [2.75, 3.05) is 13.7 Å². The molecule has 0 aliphatic carbocycles. The minimum atomic E-state index is -0.496. The van der Waals surface area contributed by atoms with Gasteiger partial charge in [0, 0.05) is 17.8 Å². The molecule has 0 aromatic carbocycles. The van der Waals surface area contributed by atoms with Gasteiger partial charge in [-0.1, -0.05) is 18.5 Å². The molecule has 108 valence electrons. The van der Waals surface area contributed by atoms with Gasteiger partial charge in [-0.05, 0) is 31.4 Å². The molecule has 2 rings (SSSR count). The SMILES string of the molecule is CCc1cc(C(=O)N2CCCC2C(=O)OC)cc(Cl)n1. The predicted molar refractivity (Wildman–Crippen MR) is 74.7 cm³/mol. The number of rotatable bonds is 3. The third kappa shape index (κ3) is 2.93. The van der Waals surface area contributed by atoms with Crippen molar-refractivity contribution in [1.29, 1.82) is 0 Å². The zero-order valence-electron chi connectivity index (χ0n) is 11.6. The summed E-state index contributed by atoms with van der Waals surface area (Å²) in [4.78, 5) is 29.9. The number of carbonyl (C=O) groups is 2. The average molecular weight is 297 g/mol. The first-order valence-corrected chi connectivity index (χ1v) is 7.00. The number of amides is 1. The molecule has 1 aliphatic rings. The van der Waals surface area contributed by atoms with Crippen LogP contribution in [0.4, 0.5) is 0 Å². The molecule has 2 heterocycles. The van der Waals surface area contributed by atoms with Gasteiger partial charge in [0.05, 0.1) is 7.11 Å². The van der Waals surface area contributed by atoms with E-state index < -0.39 is 6.04 Å². The maximum Gasteiger partial charge on any atom is 0.328 e. The van der Waals surface area contributed by atoms with Crippen LogP contribution < -0.4 is 0 Å². The van der Waals surface area contributed by atoms with E-state index >= 15 is 0 Å². The van der Waals surface area contributed by atoms with Crippen LogP contribution in [0, 0.1) is 0 Å². The van der Waals surface area contributed by atoms with Crippen molar-refractivity contribution < 1.29 is 14.3 Å². The molecule has 1 fully saturated rings. The fourth-order valence-electron chi connectivity index (χ4n) is 2.41. The molecular weight excluding hydrogens is 280 g/mol. The Balaban J connectivity index is 2.26. The summed E-state index contributed by atoms with van der Waals surface area (Å²) in [5.74, 6) is -0.566. The Kier molecular flexibility index (Phi) is 4.60. The summed E-state index contributed by atoms with van der Waals surface area (Å²) in [6, 6.07) is 2.76. The highest BCUT2D eigenvalue weighted by molar-refractivity contribution is 6.29. The first kappa shape index (κ1) is 14.8. The minimum Gasteiger partial charge on any atom is -0.467 e. The summed E-state index contributed by atoms with van der Waals surface area (Å²) < 4.78 is 4.75. The molecule has 0 saturated carbocycles. The second kappa shape index (κ2) is 6.22. The lowest BCUT2D eigenvalue weighted by atomic mass is 10.1. The minimum absolute atomic E-state index is 0.197. The largest absolute Gasteiger partial charge is 0.467 e. The molecule has 0 N–H and O–H groups in total. The summed E-state index contributed by atoms with van der Waals surface area (Å²) >= 11 is 5.93. The van der Waals surface area contributed by atoms with Crippen molar-refractivity contribution in [2.45, 2.75) is 32.2 Å². The monoisotopic (exact) mass is 296 g/mol. The van der Waals surface area contributed by atoms with Crippen molar-refractivity contribution >= 4 is 23.5 Å². The number of hydrogen-bond donors (Lipinski definition) is 0. The quantitative estimate of drug-likeness (QED) is 0.633. The standard InChI is InChI=1S/C14H17ClN2O3/c1-3-10-7-9(8-12(15)16-10)13(18)17-6-4-5-11(17)14(19)20-2/h7-8,11H,3-6H2,1-2H3. The summed E-state index contributed by atoms with van der Waals surface area (Å²) in [6.45, 7) is 2.50. The number of pyridine rings is 1. The van der Waals surface area contributed by atoms with Crippen molar-refractivity contribution in [3.63, 3.8) is 0 Å². The van der Waals surface area contributed by atoms with Crippen LogP contribution in [0.25, 0.3) is 0 Å². The number of esters is 1. The number of aryl methyl sites for hydroxylation is 1. The summed E-state index contributed by atoms with van der Waals surface area (Å²) in [7, 11) is 1.34. The van der Waals surface area contributed by atoms with E-state index in [4.69, 9.17) is 16.3 Å². The summed E-state index contributed by atoms with van der Waals surface area (Å²) in [5.41, 5.74) is 1.23. The van der Waals surface area contributed by atoms with Crippen molar-refractivity contribution in [3.05, 3.63) is 28.5 Å². The maximum atomic E-state index is 12.5. The van der Waals surface area contributed by atoms with Gasteiger partial charge in [0.2, 0.25) is 0 Å². The molecule has 1 unspecified atom stereocenters. The Morgan fingerprint density at radius 1 is 1.50 bits per heavy atom. The van der Waals surface area contributed by atoms with Gasteiger partial charge in [0.15, 0.2) is 0 Å². The van der Waals surface area contributed by atoms with Crippen LogP contribution in [0.5, 0.6) is 0 Å². The molecule has 20 heavy (non-hydrogen) atoms. The van der Waals surface area contributed by atoms with Crippen molar-refractivity contribution in [2.24, 2.45) is 0 Å². The van der Waals surface area contributed by atoms with E-state index in [1.54, 1.807) is 11.0 Å². The topological polar surface area (TPSA) is 59.5 Å². The second-order valence-electron chi connectivity index (χ2n) is 4.70. The number of nitrogens with zero attached hydrogens (tertiary/aromatic N) is 2. The zero-order chi connectivity index (χ0) is 14.7. The molecule has 1 amide bonds. The highest BCUT2D eigenvalue weighted by atomic mass is 35.5. The Hall–Kier alpha value is -1.62. The molecule has 1 aliphatic heterocycles. The predicted octanol–water partition coefficient (Wildman–Crippen LogP) is 2.08. The fraction of sp³-hybridized carbons (Fsp3) is 0.500. The number of likely N-dealkylation sites (tertiary alicyclic amines) is 1. The molecular formula is C14H17ClN2O3. The molecule has 1 aromatic heterocycles. The first-order chi connectivity index (χ1) is 9.56. The van der Waals surface area contributed by atoms with Gasteiger partial charge in [-0.2, -0.15) is 0 Å². The molecule has 1 aromatic rings. The normalized spacial score (nSPS) is 18.1. The number of carbonyl (C=O) groups excluding carboxylic acids is 2. The lowest BCUT2D eigenvalue weighted by Gasteiger charge is -2.22. The molecule has 0 spiro atoms. The lowest BCUT2D eigenvalue weighted by molar-refractivity contribution is -0.145. The van der Waals surface area contributed by atoms with E-state index in [0.29, 0.717) is 30.1 Å². The zero-order valence-corrected chi connectivity index (χ0v) is 12.3. The third-order valence-corrected chi connectivity index (χ3v) is 3.64. The smallest absolute Gasteiger partial charge is 0.328 e. The first-order valence-electron chi connectivity index (χ1n) is 6.62. The number of halogens is 1. The van der Waals surface area contributed by atoms with Gasteiger partial charge < -0.3 is 9.64 Å². The van der Waals surface area contributed by atoms with Crippen LogP contribution >= 0.6 is 11.6 Å². The molecule has 5 nitrogen and oxygen atoms in total. The van der Waals surface area contributed by atoms with Crippen LogP contribution in [-0.2, 0) is 16.0 Å². The second-order valence-corrected chi connectivity index (χ2v) is 5.09. The fourth-order valence-corrected chi connectivity index (χ4v) is 2.64. The summed E-state index contributed by atoms with van der Waals surface area (Å²) in [6.07, 6.45) is 2.13. The van der Waals surface area contributed by atoms with E-state index in [0.717, 1.165) is 12.1 Å². The highest BCUT2D eigenvalue weighted by Gasteiger charge is 2.35. The van der Waals surface area contributed by atoms with Gasteiger partial charge in [0.25, 0.3) is 5.91 Å². The third-order valence-electron chi connectivity index (χ3n) is 3.44. The number of ether oxygens (including phenoxy) is 1. The lowest BCUT2D eigenvalue weighted by Crippen LogP contribution is -2.41. The molecule has 0 radical (unpaired) electrons. The number of hydrogen-bond acceptors (Lipinski definition) is 4. The molecule has 1 atom stereocenters. The van der Waals surface area contributed by atoms with E-state index in [9.17, 15) is 9.59 Å². The van der Waals surface area contributed by atoms with Gasteiger partial charge in [-0.25, -0.2) is 9.78 Å². The number of aromatic nitrogens is 1. The van der Waals surface area contributed by atoms with Crippen molar-refractivity contribution in [1.82, 2.24) is 9.88 Å². The molecule has 6 heteroatoms. The van der Waals surface area contributed by atoms with Gasteiger partial charge >= 0.3 is 5.97 Å². The Labute approximate surface area is 122 Å². The van der Waals surface area contributed by atoms with Crippen LogP contribution in [0.3, 0.4) is 0 Å². The van der Waals surface area contributed by atoms with E-state index in [1.807, 2.05) is 6.92 Å². The Bertz CT molecular complexity index is 533. The molecule has 1 saturated heterocycles. The Morgan fingerprint density at radius 3 is 2.90 bits per heavy atom.